The zero-order valence-electron chi connectivity index (χ0n) is 10.3. The van der Waals surface area contributed by atoms with Gasteiger partial charge in [-0.3, -0.25) is 9.59 Å². The van der Waals surface area contributed by atoms with E-state index in [1.165, 1.54) is 0 Å². The number of nitrogens with one attached hydrogen (secondary N) is 1. The fraction of sp³-hybridized carbons (Fsp3) is 0.818. The van der Waals surface area contributed by atoms with Crippen LogP contribution in [-0.2, 0) is 14.3 Å². The molecule has 2 N–H and O–H groups in total. The molecule has 0 aromatic heterocycles. The number of carbonyl (C=O) groups is 2. The summed E-state index contributed by atoms with van der Waals surface area (Å²) < 4.78 is 4.85. The highest BCUT2D eigenvalue weighted by Gasteiger charge is 2.36. The molecule has 0 unspecified atom stereocenters. The predicted octanol–water partition coefficient (Wildman–Crippen LogP) is -0.598. The summed E-state index contributed by atoms with van der Waals surface area (Å²) in [6.45, 7) is 4.13. The van der Waals surface area contributed by atoms with E-state index in [9.17, 15) is 9.59 Å². The second-order valence-electron chi connectivity index (χ2n) is 4.39. The van der Waals surface area contributed by atoms with E-state index >= 15 is 0 Å². The van der Waals surface area contributed by atoms with Crippen LogP contribution in [0.3, 0.4) is 0 Å². The maximum Gasteiger partial charge on any atom is 0.308 e. The molecule has 1 fully saturated rings. The molecule has 1 aliphatic rings. The lowest BCUT2D eigenvalue weighted by molar-refractivity contribution is -0.142. The summed E-state index contributed by atoms with van der Waals surface area (Å²) in [6.07, 6.45) is 0. The zero-order chi connectivity index (χ0) is 12.8. The summed E-state index contributed by atoms with van der Waals surface area (Å²) in [7, 11) is 1.60. The highest BCUT2D eigenvalue weighted by molar-refractivity contribution is 5.80. The standard InChI is InChI=1S/C11H20N2O4/c1-8-6-13(7-9(8)11(15)16)10(14)5-12-3-4-17-2/h8-9,12H,3-7H2,1-2H3,(H,15,16)/t8-,9-/m1/s1. The van der Waals surface area contributed by atoms with Crippen molar-refractivity contribution < 1.29 is 19.4 Å². The molecule has 1 aliphatic heterocycles. The smallest absolute Gasteiger partial charge is 0.308 e. The van der Waals surface area contributed by atoms with Crippen molar-refractivity contribution in [2.45, 2.75) is 6.92 Å². The molecule has 0 saturated carbocycles. The third kappa shape index (κ3) is 3.98. The van der Waals surface area contributed by atoms with Crippen molar-refractivity contribution in [3.8, 4) is 0 Å². The minimum atomic E-state index is -0.819. The molecule has 0 aliphatic carbocycles. The first kappa shape index (κ1) is 13.9. The van der Waals surface area contributed by atoms with Crippen molar-refractivity contribution >= 4 is 11.9 Å². The third-order valence-corrected chi connectivity index (χ3v) is 3.04. The van der Waals surface area contributed by atoms with Crippen LogP contribution in [0.2, 0.25) is 0 Å². The average Bonchev–Trinajstić information content (AvgIpc) is 2.66. The quantitative estimate of drug-likeness (QED) is 0.610. The minimum absolute atomic E-state index is 0.0235. The Morgan fingerprint density at radius 3 is 2.71 bits per heavy atom. The molecule has 6 nitrogen and oxygen atoms in total. The molecule has 0 spiro atoms. The van der Waals surface area contributed by atoms with Gasteiger partial charge in [-0.2, -0.15) is 0 Å². The fourth-order valence-corrected chi connectivity index (χ4v) is 1.97. The Hall–Kier alpha value is -1.14. The normalized spacial score (nSPS) is 24.0. The van der Waals surface area contributed by atoms with E-state index in [1.807, 2.05) is 6.92 Å². The van der Waals surface area contributed by atoms with Gasteiger partial charge in [-0.1, -0.05) is 6.92 Å². The SMILES string of the molecule is COCCNCC(=O)N1C[C@@H](C)[C@H](C(=O)O)C1. The average molecular weight is 244 g/mol. The highest BCUT2D eigenvalue weighted by atomic mass is 16.5. The van der Waals surface area contributed by atoms with Crippen LogP contribution in [0.1, 0.15) is 6.92 Å². The number of carboxylic acids is 1. The van der Waals surface area contributed by atoms with Crippen molar-refractivity contribution in [3.63, 3.8) is 0 Å². The second-order valence-corrected chi connectivity index (χ2v) is 4.39. The molecule has 0 aromatic rings. The summed E-state index contributed by atoms with van der Waals surface area (Å²) in [5, 5.41) is 11.9. The Balaban J connectivity index is 2.32. The summed E-state index contributed by atoms with van der Waals surface area (Å²) in [6, 6.07) is 0. The van der Waals surface area contributed by atoms with Gasteiger partial charge in [0, 0.05) is 26.7 Å². The van der Waals surface area contributed by atoms with Gasteiger partial charge in [0.05, 0.1) is 19.1 Å². The summed E-state index contributed by atoms with van der Waals surface area (Å²) in [5.74, 6) is -1.27. The van der Waals surface area contributed by atoms with Crippen LogP contribution in [0.25, 0.3) is 0 Å². The number of hydrogen-bond donors (Lipinski definition) is 2. The van der Waals surface area contributed by atoms with Crippen LogP contribution < -0.4 is 5.32 Å². The van der Waals surface area contributed by atoms with Crippen LogP contribution in [-0.4, -0.2) is 61.8 Å². The molecule has 0 radical (unpaired) electrons. The van der Waals surface area contributed by atoms with Crippen molar-refractivity contribution in [1.29, 1.82) is 0 Å². The third-order valence-electron chi connectivity index (χ3n) is 3.04. The lowest BCUT2D eigenvalue weighted by Gasteiger charge is -2.16. The maximum atomic E-state index is 11.8. The molecule has 1 amide bonds. The summed E-state index contributed by atoms with van der Waals surface area (Å²) in [5.41, 5.74) is 0. The van der Waals surface area contributed by atoms with Gasteiger partial charge in [-0.05, 0) is 5.92 Å². The number of nitrogens with zero attached hydrogens (tertiary/aromatic N) is 1. The van der Waals surface area contributed by atoms with E-state index < -0.39 is 11.9 Å². The lowest BCUT2D eigenvalue weighted by Crippen LogP contribution is -2.38. The van der Waals surface area contributed by atoms with E-state index in [0.29, 0.717) is 26.2 Å². The van der Waals surface area contributed by atoms with Gasteiger partial charge >= 0.3 is 5.97 Å². The molecule has 0 bridgehead atoms. The molecular weight excluding hydrogens is 224 g/mol. The van der Waals surface area contributed by atoms with Crippen molar-refractivity contribution in [3.05, 3.63) is 0 Å². The Morgan fingerprint density at radius 2 is 2.18 bits per heavy atom. The molecule has 1 heterocycles. The van der Waals surface area contributed by atoms with E-state index in [0.717, 1.165) is 0 Å². The number of likely N-dealkylation sites (tertiary alicyclic amines) is 1. The zero-order valence-corrected chi connectivity index (χ0v) is 10.3. The second kappa shape index (κ2) is 6.56. The van der Waals surface area contributed by atoms with Crippen LogP contribution in [0.15, 0.2) is 0 Å². The van der Waals surface area contributed by atoms with E-state index in [1.54, 1.807) is 12.0 Å². The molecule has 1 rings (SSSR count). The van der Waals surface area contributed by atoms with Crippen molar-refractivity contribution in [1.82, 2.24) is 10.2 Å². The first-order valence-corrected chi connectivity index (χ1v) is 5.76. The molecule has 6 heteroatoms. The minimum Gasteiger partial charge on any atom is -0.481 e. The van der Waals surface area contributed by atoms with Crippen LogP contribution in [0.5, 0.6) is 0 Å². The first-order chi connectivity index (χ1) is 8.06. The highest BCUT2D eigenvalue weighted by Crippen LogP contribution is 2.22. The Kier molecular flexibility index (Phi) is 5.37. The van der Waals surface area contributed by atoms with Crippen molar-refractivity contribution in [2.75, 3.05) is 39.9 Å². The van der Waals surface area contributed by atoms with Gasteiger partial charge in [0.15, 0.2) is 0 Å². The monoisotopic (exact) mass is 244 g/mol. The number of aliphatic carboxylic acids is 1. The molecule has 17 heavy (non-hydrogen) atoms. The molecule has 2 atom stereocenters. The van der Waals surface area contributed by atoms with Gasteiger partial charge in [0.25, 0.3) is 0 Å². The summed E-state index contributed by atoms with van der Waals surface area (Å²) in [4.78, 5) is 24.3. The number of carboxylic acid groups (broad SMARTS) is 1. The summed E-state index contributed by atoms with van der Waals surface area (Å²) >= 11 is 0. The largest absolute Gasteiger partial charge is 0.481 e. The van der Waals surface area contributed by atoms with Gasteiger partial charge in [-0.25, -0.2) is 0 Å². The topological polar surface area (TPSA) is 78.9 Å². The Bertz CT molecular complexity index is 283. The number of amides is 1. The Labute approximate surface area is 101 Å². The van der Waals surface area contributed by atoms with Crippen molar-refractivity contribution in [2.24, 2.45) is 11.8 Å². The van der Waals surface area contributed by atoms with Crippen LogP contribution in [0.4, 0.5) is 0 Å². The van der Waals surface area contributed by atoms with Gasteiger partial charge in [-0.15, -0.1) is 0 Å². The van der Waals surface area contributed by atoms with Crippen LogP contribution in [0, 0.1) is 11.8 Å². The maximum absolute atomic E-state index is 11.8. The van der Waals surface area contributed by atoms with Crippen LogP contribution >= 0.6 is 0 Å². The van der Waals surface area contributed by atoms with Gasteiger partial charge in [0.2, 0.25) is 5.91 Å². The van der Waals surface area contributed by atoms with Gasteiger partial charge < -0.3 is 20.1 Å². The molecule has 98 valence electrons. The first-order valence-electron chi connectivity index (χ1n) is 5.76. The number of ether oxygens (including phenoxy) is 1. The number of hydrogen-bond acceptors (Lipinski definition) is 4. The molecular formula is C11H20N2O4. The molecule has 0 aromatic carbocycles. The van der Waals surface area contributed by atoms with E-state index in [4.69, 9.17) is 9.84 Å². The molecule has 1 saturated heterocycles. The number of methoxy groups -OCH3 is 1. The van der Waals surface area contributed by atoms with E-state index in [-0.39, 0.29) is 18.4 Å². The predicted molar refractivity (Wildman–Crippen MR) is 61.6 cm³/mol. The fourth-order valence-electron chi connectivity index (χ4n) is 1.97. The van der Waals surface area contributed by atoms with E-state index in [2.05, 4.69) is 5.32 Å². The number of carbonyl (C=O) groups excluding carboxylic acids is 1. The Morgan fingerprint density at radius 1 is 1.47 bits per heavy atom. The number of rotatable bonds is 6. The van der Waals surface area contributed by atoms with Gasteiger partial charge in [0.1, 0.15) is 0 Å². The lowest BCUT2D eigenvalue weighted by atomic mass is 9.99.